The van der Waals surface area contributed by atoms with Crippen molar-refractivity contribution in [2.24, 2.45) is 10.2 Å². The van der Waals surface area contributed by atoms with Gasteiger partial charge in [-0.3, -0.25) is 9.59 Å². The Morgan fingerprint density at radius 1 is 1.25 bits per heavy atom. The number of benzene rings is 1. The molecule has 2 N–H and O–H groups in total. The van der Waals surface area contributed by atoms with Crippen molar-refractivity contribution >= 4 is 52.0 Å². The van der Waals surface area contributed by atoms with Gasteiger partial charge in [0.25, 0.3) is 0 Å². The van der Waals surface area contributed by atoms with Crippen molar-refractivity contribution in [3.63, 3.8) is 0 Å². The second kappa shape index (κ2) is 8.57. The SMILES string of the molecule is O=C(CC1S/C(=N\N=Cc2cccs2)NC1=O)Nc1ccccc1C(F)(F)F. The number of para-hydroxylation sites is 1. The molecule has 0 spiro atoms. The van der Waals surface area contributed by atoms with E-state index in [1.165, 1.54) is 29.7 Å². The van der Waals surface area contributed by atoms with E-state index in [9.17, 15) is 22.8 Å². The van der Waals surface area contributed by atoms with Gasteiger partial charge in [0.05, 0.1) is 17.5 Å². The van der Waals surface area contributed by atoms with E-state index in [2.05, 4.69) is 20.8 Å². The molecule has 146 valence electrons. The summed E-state index contributed by atoms with van der Waals surface area (Å²) in [7, 11) is 0. The van der Waals surface area contributed by atoms with E-state index in [-0.39, 0.29) is 17.3 Å². The molecule has 1 unspecified atom stereocenters. The lowest BCUT2D eigenvalue weighted by molar-refractivity contribution is -0.137. The van der Waals surface area contributed by atoms with Crippen LogP contribution in [0, 0.1) is 0 Å². The largest absolute Gasteiger partial charge is 0.418 e. The monoisotopic (exact) mass is 426 g/mol. The molecule has 0 saturated carbocycles. The Bertz CT molecular complexity index is 927. The zero-order valence-electron chi connectivity index (χ0n) is 14.1. The number of thioether (sulfide) groups is 1. The fourth-order valence-electron chi connectivity index (χ4n) is 2.30. The number of anilines is 1. The Kier molecular flexibility index (Phi) is 6.15. The molecule has 11 heteroatoms. The number of nitrogens with zero attached hydrogens (tertiary/aromatic N) is 2. The Labute approximate surface area is 165 Å². The average Bonchev–Trinajstić information content (AvgIpc) is 3.25. The topological polar surface area (TPSA) is 82.9 Å². The van der Waals surface area contributed by atoms with Crippen LogP contribution in [-0.4, -0.2) is 28.4 Å². The van der Waals surface area contributed by atoms with Crippen LogP contribution in [0.5, 0.6) is 0 Å². The van der Waals surface area contributed by atoms with Crippen LogP contribution in [-0.2, 0) is 15.8 Å². The lowest BCUT2D eigenvalue weighted by atomic mass is 10.1. The van der Waals surface area contributed by atoms with Gasteiger partial charge in [-0.15, -0.1) is 16.4 Å². The second-order valence-electron chi connectivity index (χ2n) is 5.56. The first kappa shape index (κ1) is 20.1. The molecule has 0 bridgehead atoms. The van der Waals surface area contributed by atoms with Gasteiger partial charge in [-0.05, 0) is 23.6 Å². The number of carbonyl (C=O) groups excluding carboxylic acids is 2. The van der Waals surface area contributed by atoms with E-state index in [0.717, 1.165) is 28.8 Å². The number of thiophene rings is 1. The minimum Gasteiger partial charge on any atom is -0.325 e. The number of amides is 2. The summed E-state index contributed by atoms with van der Waals surface area (Å²) in [6.07, 6.45) is -3.36. The molecule has 2 heterocycles. The third kappa shape index (κ3) is 5.20. The molecule has 1 aliphatic heterocycles. The van der Waals surface area contributed by atoms with Crippen LogP contribution in [0.25, 0.3) is 0 Å². The van der Waals surface area contributed by atoms with Gasteiger partial charge in [0.2, 0.25) is 11.8 Å². The summed E-state index contributed by atoms with van der Waals surface area (Å²) in [5.74, 6) is -1.15. The molecule has 1 aromatic carbocycles. The summed E-state index contributed by atoms with van der Waals surface area (Å²) in [5.41, 5.74) is -1.30. The van der Waals surface area contributed by atoms with Crippen LogP contribution in [0.1, 0.15) is 16.9 Å². The Morgan fingerprint density at radius 2 is 2.04 bits per heavy atom. The first-order valence-corrected chi connectivity index (χ1v) is 9.67. The minimum absolute atomic E-state index is 0.228. The molecule has 2 amide bonds. The van der Waals surface area contributed by atoms with Gasteiger partial charge in [-0.25, -0.2) is 0 Å². The van der Waals surface area contributed by atoms with Crippen LogP contribution >= 0.6 is 23.1 Å². The minimum atomic E-state index is -4.59. The maximum absolute atomic E-state index is 13.0. The highest BCUT2D eigenvalue weighted by Gasteiger charge is 2.35. The van der Waals surface area contributed by atoms with Crippen molar-refractivity contribution in [1.29, 1.82) is 0 Å². The zero-order valence-corrected chi connectivity index (χ0v) is 15.7. The number of hydrogen-bond donors (Lipinski definition) is 2. The van der Waals surface area contributed by atoms with Gasteiger partial charge < -0.3 is 10.6 Å². The van der Waals surface area contributed by atoms with Crippen molar-refractivity contribution < 1.29 is 22.8 Å². The fourth-order valence-corrected chi connectivity index (χ4v) is 3.80. The third-order valence-corrected chi connectivity index (χ3v) is 5.41. The van der Waals surface area contributed by atoms with Gasteiger partial charge >= 0.3 is 6.18 Å². The summed E-state index contributed by atoms with van der Waals surface area (Å²) in [4.78, 5) is 25.0. The van der Waals surface area contributed by atoms with Crippen LogP contribution in [0.15, 0.2) is 52.0 Å². The smallest absolute Gasteiger partial charge is 0.325 e. The number of hydrogen-bond acceptors (Lipinski definition) is 6. The number of amidine groups is 1. The molecule has 0 aliphatic carbocycles. The Morgan fingerprint density at radius 3 is 2.75 bits per heavy atom. The second-order valence-corrected chi connectivity index (χ2v) is 7.73. The van der Waals surface area contributed by atoms with E-state index >= 15 is 0 Å². The van der Waals surface area contributed by atoms with E-state index in [0.29, 0.717) is 0 Å². The van der Waals surface area contributed by atoms with Gasteiger partial charge in [0.1, 0.15) is 5.25 Å². The maximum Gasteiger partial charge on any atom is 0.418 e. The molecule has 1 aromatic heterocycles. The van der Waals surface area contributed by atoms with Crippen molar-refractivity contribution in [1.82, 2.24) is 5.32 Å². The van der Waals surface area contributed by atoms with Crippen LogP contribution in [0.3, 0.4) is 0 Å². The predicted octanol–water partition coefficient (Wildman–Crippen LogP) is 3.72. The fraction of sp³-hybridized carbons (Fsp3) is 0.176. The van der Waals surface area contributed by atoms with Crippen molar-refractivity contribution in [3.8, 4) is 0 Å². The molecule has 28 heavy (non-hydrogen) atoms. The number of alkyl halides is 3. The molecule has 6 nitrogen and oxygen atoms in total. The third-order valence-electron chi connectivity index (χ3n) is 3.53. The van der Waals surface area contributed by atoms with Crippen LogP contribution < -0.4 is 10.6 Å². The molecule has 1 aliphatic rings. The Balaban J connectivity index is 1.60. The molecule has 1 saturated heterocycles. The normalized spacial score (nSPS) is 18.6. The van der Waals surface area contributed by atoms with E-state index < -0.39 is 28.8 Å². The number of halogens is 3. The highest BCUT2D eigenvalue weighted by atomic mass is 32.2. The van der Waals surface area contributed by atoms with Crippen LogP contribution in [0.2, 0.25) is 0 Å². The van der Waals surface area contributed by atoms with Crippen molar-refractivity contribution in [3.05, 3.63) is 52.2 Å². The molecule has 0 radical (unpaired) electrons. The molecule has 1 atom stereocenters. The van der Waals surface area contributed by atoms with Gasteiger partial charge in [0.15, 0.2) is 5.17 Å². The summed E-state index contributed by atoms with van der Waals surface area (Å²) in [5, 5.41) is 13.8. The first-order chi connectivity index (χ1) is 13.3. The standard InChI is InChI=1S/C17H13F3N4O2S2/c18-17(19,20)11-5-1-2-6-12(11)22-14(25)8-13-15(26)23-16(28-13)24-21-9-10-4-3-7-27-10/h1-7,9,13H,8H2,(H,22,25)(H,23,24,26). The van der Waals surface area contributed by atoms with Crippen molar-refractivity contribution in [2.45, 2.75) is 17.8 Å². The first-order valence-electron chi connectivity index (χ1n) is 7.91. The average molecular weight is 426 g/mol. The summed E-state index contributed by atoms with van der Waals surface area (Å²) < 4.78 is 39.0. The van der Waals surface area contributed by atoms with Crippen molar-refractivity contribution in [2.75, 3.05) is 5.32 Å². The highest BCUT2D eigenvalue weighted by Crippen LogP contribution is 2.34. The molecule has 2 aromatic rings. The number of nitrogens with one attached hydrogen (secondary N) is 2. The summed E-state index contributed by atoms with van der Waals surface area (Å²) >= 11 is 2.47. The highest BCUT2D eigenvalue weighted by molar-refractivity contribution is 8.15. The molecular weight excluding hydrogens is 413 g/mol. The van der Waals surface area contributed by atoms with E-state index in [1.807, 2.05) is 17.5 Å². The van der Waals surface area contributed by atoms with E-state index in [1.54, 1.807) is 0 Å². The van der Waals surface area contributed by atoms with Crippen LogP contribution in [0.4, 0.5) is 18.9 Å². The maximum atomic E-state index is 13.0. The Hall–Kier alpha value is -2.66. The van der Waals surface area contributed by atoms with E-state index in [4.69, 9.17) is 0 Å². The lowest BCUT2D eigenvalue weighted by Crippen LogP contribution is -2.28. The number of carbonyl (C=O) groups is 2. The molecular formula is C17H13F3N4O2S2. The van der Waals surface area contributed by atoms with Gasteiger partial charge in [-0.2, -0.15) is 18.3 Å². The zero-order chi connectivity index (χ0) is 20.1. The number of rotatable bonds is 5. The van der Waals surface area contributed by atoms with Gasteiger partial charge in [-0.1, -0.05) is 30.0 Å². The molecule has 3 rings (SSSR count). The predicted molar refractivity (Wildman–Crippen MR) is 104 cm³/mol. The van der Waals surface area contributed by atoms with Gasteiger partial charge in [0, 0.05) is 11.3 Å². The molecule has 1 fully saturated rings. The lowest BCUT2D eigenvalue weighted by Gasteiger charge is -2.14. The summed E-state index contributed by atoms with van der Waals surface area (Å²) in [6, 6.07) is 8.37. The quantitative estimate of drug-likeness (QED) is 0.565. The summed E-state index contributed by atoms with van der Waals surface area (Å²) in [6.45, 7) is 0.